The van der Waals surface area contributed by atoms with Gasteiger partial charge in [0.15, 0.2) is 0 Å². The molecule has 1 saturated heterocycles. The molecule has 1 nitrogen and oxygen atoms in total. The van der Waals surface area contributed by atoms with E-state index in [9.17, 15) is 0 Å². The van der Waals surface area contributed by atoms with Crippen LogP contribution in [0.25, 0.3) is 0 Å². The second-order valence-corrected chi connectivity index (χ2v) is 5.70. The minimum absolute atomic E-state index is 0.388. The lowest BCUT2D eigenvalue weighted by molar-refractivity contribution is 0.220. The maximum Gasteiger partial charge on any atom is 0.0153 e. The highest BCUT2D eigenvalue weighted by molar-refractivity contribution is 5.50. The summed E-state index contributed by atoms with van der Waals surface area (Å²) in [6.07, 6.45) is 12.1. The van der Waals surface area contributed by atoms with E-state index in [4.69, 9.17) is 0 Å². The van der Waals surface area contributed by atoms with Crippen LogP contribution in [-0.4, -0.2) is 13.1 Å². The van der Waals surface area contributed by atoms with Gasteiger partial charge in [0.05, 0.1) is 0 Å². The normalized spacial score (nSPS) is 41.9. The first-order valence-electron chi connectivity index (χ1n) is 6.54. The van der Waals surface area contributed by atoms with Gasteiger partial charge in [-0.05, 0) is 43.3 Å². The van der Waals surface area contributed by atoms with Crippen LogP contribution >= 0.6 is 0 Å². The molecule has 0 aromatic heterocycles. The number of allylic oxidation sites excluding steroid dienone is 6. The van der Waals surface area contributed by atoms with E-state index in [1.807, 2.05) is 0 Å². The molecule has 16 heavy (non-hydrogen) atoms. The van der Waals surface area contributed by atoms with Crippen LogP contribution < -0.4 is 5.32 Å². The number of hydrogen-bond acceptors (Lipinski definition) is 1. The van der Waals surface area contributed by atoms with Gasteiger partial charge < -0.3 is 5.32 Å². The molecule has 1 heterocycles. The van der Waals surface area contributed by atoms with Crippen molar-refractivity contribution >= 4 is 0 Å². The quantitative estimate of drug-likeness (QED) is 0.655. The molecule has 3 rings (SSSR count). The highest BCUT2D eigenvalue weighted by atomic mass is 14.9. The SMILES string of the molecule is CC1C=CC2=C(C1)C1(C=C2)CCNCC1C. The van der Waals surface area contributed by atoms with E-state index < -0.39 is 0 Å². The van der Waals surface area contributed by atoms with Gasteiger partial charge >= 0.3 is 0 Å². The van der Waals surface area contributed by atoms with Gasteiger partial charge in [-0.25, -0.2) is 0 Å². The maximum atomic E-state index is 3.52. The van der Waals surface area contributed by atoms with Crippen LogP contribution in [0.2, 0.25) is 0 Å². The Morgan fingerprint density at radius 1 is 1.31 bits per heavy atom. The van der Waals surface area contributed by atoms with Crippen molar-refractivity contribution in [2.45, 2.75) is 26.7 Å². The van der Waals surface area contributed by atoms with Gasteiger partial charge in [0.2, 0.25) is 0 Å². The minimum atomic E-state index is 0.388. The van der Waals surface area contributed by atoms with Crippen molar-refractivity contribution in [1.29, 1.82) is 0 Å². The number of rotatable bonds is 0. The number of nitrogens with one attached hydrogen (secondary N) is 1. The van der Waals surface area contributed by atoms with Gasteiger partial charge in [0, 0.05) is 5.41 Å². The molecule has 2 aliphatic carbocycles. The largest absolute Gasteiger partial charge is 0.316 e. The lowest BCUT2D eigenvalue weighted by atomic mass is 9.65. The van der Waals surface area contributed by atoms with Crippen molar-refractivity contribution in [2.24, 2.45) is 17.3 Å². The average molecular weight is 215 g/mol. The van der Waals surface area contributed by atoms with Crippen molar-refractivity contribution in [2.75, 3.05) is 13.1 Å². The molecule has 1 heteroatoms. The number of piperidine rings is 1. The minimum Gasteiger partial charge on any atom is -0.316 e. The monoisotopic (exact) mass is 215 g/mol. The van der Waals surface area contributed by atoms with Gasteiger partial charge in [0.25, 0.3) is 0 Å². The Morgan fingerprint density at radius 3 is 3.00 bits per heavy atom. The fourth-order valence-corrected chi connectivity index (χ4v) is 3.57. The second kappa shape index (κ2) is 3.59. The Bertz CT molecular complexity index is 388. The summed E-state index contributed by atoms with van der Waals surface area (Å²) in [6, 6.07) is 0. The molecule has 0 amide bonds. The predicted molar refractivity (Wildman–Crippen MR) is 68.2 cm³/mol. The summed E-state index contributed by atoms with van der Waals surface area (Å²) in [5.41, 5.74) is 3.61. The maximum absolute atomic E-state index is 3.52. The predicted octanol–water partition coefficient (Wildman–Crippen LogP) is 3.06. The molecule has 0 radical (unpaired) electrons. The average Bonchev–Trinajstić information content (AvgIpc) is 2.63. The van der Waals surface area contributed by atoms with Gasteiger partial charge in [-0.15, -0.1) is 0 Å². The molecule has 1 aliphatic heterocycles. The van der Waals surface area contributed by atoms with E-state index in [0.717, 1.165) is 11.8 Å². The molecule has 0 saturated carbocycles. The Kier molecular flexibility index (Phi) is 2.32. The molecule has 86 valence electrons. The van der Waals surface area contributed by atoms with Crippen LogP contribution in [0.1, 0.15) is 26.7 Å². The van der Waals surface area contributed by atoms with Gasteiger partial charge in [-0.1, -0.05) is 43.7 Å². The summed E-state index contributed by atoms with van der Waals surface area (Å²) in [5, 5.41) is 3.52. The lowest BCUT2D eigenvalue weighted by Crippen LogP contribution is -2.43. The molecule has 0 aromatic carbocycles. The zero-order valence-electron chi connectivity index (χ0n) is 10.3. The van der Waals surface area contributed by atoms with E-state index in [1.54, 1.807) is 5.57 Å². The summed E-state index contributed by atoms with van der Waals surface area (Å²) < 4.78 is 0. The van der Waals surface area contributed by atoms with Crippen molar-refractivity contribution in [1.82, 2.24) is 5.32 Å². The smallest absolute Gasteiger partial charge is 0.0153 e. The Morgan fingerprint density at radius 2 is 2.19 bits per heavy atom. The standard InChI is InChI=1S/C15H21N/c1-11-3-4-13-5-6-15(14(13)9-11)7-8-16-10-12(15)2/h3-6,11-12,16H,7-10H2,1-2H3. The summed E-state index contributed by atoms with van der Waals surface area (Å²) in [4.78, 5) is 0. The van der Waals surface area contributed by atoms with Gasteiger partial charge in [-0.2, -0.15) is 0 Å². The molecule has 0 aromatic rings. The van der Waals surface area contributed by atoms with Crippen LogP contribution in [0.4, 0.5) is 0 Å². The van der Waals surface area contributed by atoms with Gasteiger partial charge in [0.1, 0.15) is 0 Å². The zero-order valence-corrected chi connectivity index (χ0v) is 10.3. The zero-order chi connectivity index (χ0) is 11.2. The first-order valence-corrected chi connectivity index (χ1v) is 6.54. The molecule has 1 fully saturated rings. The van der Waals surface area contributed by atoms with Crippen LogP contribution in [0.15, 0.2) is 35.5 Å². The molecular weight excluding hydrogens is 194 g/mol. The third kappa shape index (κ3) is 1.34. The molecule has 3 atom stereocenters. The third-order valence-corrected chi connectivity index (χ3v) is 4.65. The lowest BCUT2D eigenvalue weighted by Gasteiger charge is -2.42. The van der Waals surface area contributed by atoms with Crippen LogP contribution in [0.3, 0.4) is 0 Å². The van der Waals surface area contributed by atoms with E-state index in [1.165, 1.54) is 31.5 Å². The van der Waals surface area contributed by atoms with Crippen LogP contribution in [-0.2, 0) is 0 Å². The molecule has 1 N–H and O–H groups in total. The van der Waals surface area contributed by atoms with Crippen LogP contribution in [0, 0.1) is 17.3 Å². The fraction of sp³-hybridized carbons (Fsp3) is 0.600. The Labute approximate surface area is 98.3 Å². The van der Waals surface area contributed by atoms with Crippen molar-refractivity contribution in [3.63, 3.8) is 0 Å². The highest BCUT2D eigenvalue weighted by Gasteiger charge is 2.43. The van der Waals surface area contributed by atoms with E-state index in [-0.39, 0.29) is 0 Å². The van der Waals surface area contributed by atoms with E-state index in [0.29, 0.717) is 5.41 Å². The molecule has 3 aliphatic rings. The van der Waals surface area contributed by atoms with Gasteiger partial charge in [-0.3, -0.25) is 0 Å². The summed E-state index contributed by atoms with van der Waals surface area (Å²) in [7, 11) is 0. The summed E-state index contributed by atoms with van der Waals surface area (Å²) in [5.74, 6) is 1.46. The molecule has 0 bridgehead atoms. The second-order valence-electron chi connectivity index (χ2n) is 5.70. The fourth-order valence-electron chi connectivity index (χ4n) is 3.57. The molecule has 1 spiro atoms. The molecule has 3 unspecified atom stereocenters. The topological polar surface area (TPSA) is 12.0 Å². The van der Waals surface area contributed by atoms with Crippen molar-refractivity contribution in [3.05, 3.63) is 35.5 Å². The third-order valence-electron chi connectivity index (χ3n) is 4.65. The molecular formula is C15H21N. The van der Waals surface area contributed by atoms with E-state index >= 15 is 0 Å². The number of hydrogen-bond donors (Lipinski definition) is 1. The summed E-state index contributed by atoms with van der Waals surface area (Å²) >= 11 is 0. The Hall–Kier alpha value is -0.820. The number of fused-ring (bicyclic) bond motifs is 1. The summed E-state index contributed by atoms with van der Waals surface area (Å²) in [6.45, 7) is 7.07. The first kappa shape index (κ1) is 10.3. The van der Waals surface area contributed by atoms with Crippen LogP contribution in [0.5, 0.6) is 0 Å². The van der Waals surface area contributed by atoms with Crippen molar-refractivity contribution < 1.29 is 0 Å². The van der Waals surface area contributed by atoms with Crippen molar-refractivity contribution in [3.8, 4) is 0 Å². The Balaban J connectivity index is 2.00. The van der Waals surface area contributed by atoms with E-state index in [2.05, 4.69) is 43.5 Å². The first-order chi connectivity index (χ1) is 7.72. The highest BCUT2D eigenvalue weighted by Crippen LogP contribution is 2.51.